The monoisotopic (exact) mass is 242 g/mol. The van der Waals surface area contributed by atoms with Gasteiger partial charge in [-0.05, 0) is 32.4 Å². The molecule has 102 valence electrons. The third kappa shape index (κ3) is 7.74. The second-order valence-electron chi connectivity index (χ2n) is 5.34. The number of ether oxygens (including phenoxy) is 1. The Kier molecular flexibility index (Phi) is 8.67. The van der Waals surface area contributed by atoms with Crippen LogP contribution in [0, 0.1) is 5.92 Å². The minimum atomic E-state index is 0.811. The first-order valence-corrected chi connectivity index (χ1v) is 7.21. The summed E-state index contributed by atoms with van der Waals surface area (Å²) in [7, 11) is 3.98. The Labute approximate surface area is 107 Å². The number of nitrogens with zero attached hydrogens (tertiary/aromatic N) is 1. The molecule has 0 aromatic carbocycles. The van der Waals surface area contributed by atoms with E-state index < -0.39 is 0 Å². The first kappa shape index (κ1) is 14.9. The van der Waals surface area contributed by atoms with Gasteiger partial charge in [0.05, 0.1) is 6.61 Å². The van der Waals surface area contributed by atoms with E-state index in [0.717, 1.165) is 32.2 Å². The molecule has 1 N–H and O–H groups in total. The number of hydrogen-bond acceptors (Lipinski definition) is 3. The Hall–Kier alpha value is -0.120. The van der Waals surface area contributed by atoms with Crippen molar-refractivity contribution in [1.29, 1.82) is 0 Å². The molecule has 1 aliphatic carbocycles. The molecule has 0 unspecified atom stereocenters. The molecule has 0 amide bonds. The molecule has 1 rings (SSSR count). The van der Waals surface area contributed by atoms with Crippen molar-refractivity contribution in [2.45, 2.75) is 38.5 Å². The molecule has 0 aromatic rings. The van der Waals surface area contributed by atoms with Crippen molar-refractivity contribution in [2.24, 2.45) is 5.92 Å². The fourth-order valence-electron chi connectivity index (χ4n) is 2.63. The summed E-state index contributed by atoms with van der Waals surface area (Å²) >= 11 is 0. The zero-order chi connectivity index (χ0) is 12.3. The maximum absolute atomic E-state index is 4.99. The number of methoxy groups -OCH3 is 1. The Balaban J connectivity index is 1.84. The molecule has 0 saturated heterocycles. The topological polar surface area (TPSA) is 24.5 Å². The van der Waals surface area contributed by atoms with E-state index in [1.807, 2.05) is 0 Å². The Bertz CT molecular complexity index is 170. The Morgan fingerprint density at radius 3 is 2.65 bits per heavy atom. The van der Waals surface area contributed by atoms with Crippen molar-refractivity contribution in [3.63, 3.8) is 0 Å². The van der Waals surface area contributed by atoms with Gasteiger partial charge >= 0.3 is 0 Å². The number of rotatable bonds is 10. The van der Waals surface area contributed by atoms with E-state index in [2.05, 4.69) is 17.3 Å². The molecule has 3 heteroatoms. The van der Waals surface area contributed by atoms with Crippen LogP contribution in [0.3, 0.4) is 0 Å². The quantitative estimate of drug-likeness (QED) is 0.594. The average Bonchev–Trinajstić information content (AvgIpc) is 2.82. The van der Waals surface area contributed by atoms with Gasteiger partial charge in [0, 0.05) is 26.7 Å². The SMILES string of the molecule is COCCNCCN(C)CCCC1CCCC1. The van der Waals surface area contributed by atoms with E-state index in [4.69, 9.17) is 4.74 Å². The largest absolute Gasteiger partial charge is 0.383 e. The fraction of sp³-hybridized carbons (Fsp3) is 1.00. The lowest BCUT2D eigenvalue weighted by Gasteiger charge is -2.18. The van der Waals surface area contributed by atoms with Gasteiger partial charge in [0.25, 0.3) is 0 Å². The molecule has 1 fully saturated rings. The summed E-state index contributed by atoms with van der Waals surface area (Å²) in [5, 5.41) is 3.38. The molecule has 0 radical (unpaired) electrons. The van der Waals surface area contributed by atoms with Crippen LogP contribution in [-0.4, -0.2) is 51.8 Å². The van der Waals surface area contributed by atoms with Gasteiger partial charge in [-0.15, -0.1) is 0 Å². The van der Waals surface area contributed by atoms with E-state index in [-0.39, 0.29) is 0 Å². The summed E-state index contributed by atoms with van der Waals surface area (Å²) in [6.07, 6.45) is 8.75. The summed E-state index contributed by atoms with van der Waals surface area (Å²) in [4.78, 5) is 2.44. The summed E-state index contributed by atoms with van der Waals surface area (Å²) in [6.45, 7) is 5.25. The first-order chi connectivity index (χ1) is 8.33. The normalized spacial score (nSPS) is 17.1. The first-order valence-electron chi connectivity index (χ1n) is 7.21. The van der Waals surface area contributed by atoms with Crippen molar-refractivity contribution in [2.75, 3.05) is 46.9 Å². The summed E-state index contributed by atoms with van der Waals surface area (Å²) < 4.78 is 4.99. The highest BCUT2D eigenvalue weighted by Crippen LogP contribution is 2.28. The number of likely N-dealkylation sites (N-methyl/N-ethyl adjacent to an activating group) is 1. The van der Waals surface area contributed by atoms with E-state index in [0.29, 0.717) is 0 Å². The lowest BCUT2D eigenvalue weighted by Crippen LogP contribution is -2.31. The van der Waals surface area contributed by atoms with Gasteiger partial charge in [-0.1, -0.05) is 25.7 Å². The van der Waals surface area contributed by atoms with E-state index in [1.165, 1.54) is 45.1 Å². The fourth-order valence-corrected chi connectivity index (χ4v) is 2.63. The van der Waals surface area contributed by atoms with Crippen LogP contribution in [-0.2, 0) is 4.74 Å². The van der Waals surface area contributed by atoms with Gasteiger partial charge in [0.15, 0.2) is 0 Å². The second-order valence-corrected chi connectivity index (χ2v) is 5.34. The van der Waals surface area contributed by atoms with Crippen LogP contribution in [0.4, 0.5) is 0 Å². The van der Waals surface area contributed by atoms with Gasteiger partial charge in [-0.2, -0.15) is 0 Å². The van der Waals surface area contributed by atoms with Crippen LogP contribution in [0.25, 0.3) is 0 Å². The molecule has 0 aliphatic heterocycles. The highest BCUT2D eigenvalue weighted by Gasteiger charge is 2.14. The van der Waals surface area contributed by atoms with Gasteiger partial charge in [-0.25, -0.2) is 0 Å². The molecule has 0 heterocycles. The minimum absolute atomic E-state index is 0.811. The van der Waals surface area contributed by atoms with Crippen LogP contribution in [0.1, 0.15) is 38.5 Å². The standard InChI is InChI=1S/C14H30N2O/c1-16(12-9-15-10-13-17-2)11-5-8-14-6-3-4-7-14/h14-15H,3-13H2,1-2H3. The van der Waals surface area contributed by atoms with Gasteiger partial charge in [0.1, 0.15) is 0 Å². The zero-order valence-corrected chi connectivity index (χ0v) is 11.7. The van der Waals surface area contributed by atoms with Crippen molar-refractivity contribution >= 4 is 0 Å². The van der Waals surface area contributed by atoms with Crippen molar-refractivity contribution in [3.05, 3.63) is 0 Å². The smallest absolute Gasteiger partial charge is 0.0587 e. The van der Waals surface area contributed by atoms with Gasteiger partial charge < -0.3 is 15.0 Å². The Morgan fingerprint density at radius 1 is 1.18 bits per heavy atom. The third-order valence-corrected chi connectivity index (χ3v) is 3.78. The zero-order valence-electron chi connectivity index (χ0n) is 11.7. The van der Waals surface area contributed by atoms with Gasteiger partial charge in [-0.3, -0.25) is 0 Å². The van der Waals surface area contributed by atoms with Crippen LogP contribution in [0.15, 0.2) is 0 Å². The molecule has 17 heavy (non-hydrogen) atoms. The molecule has 1 saturated carbocycles. The van der Waals surface area contributed by atoms with E-state index in [1.54, 1.807) is 7.11 Å². The van der Waals surface area contributed by atoms with Crippen LogP contribution >= 0.6 is 0 Å². The van der Waals surface area contributed by atoms with E-state index >= 15 is 0 Å². The summed E-state index contributed by atoms with van der Waals surface area (Å²) in [5.74, 6) is 1.04. The van der Waals surface area contributed by atoms with Crippen molar-refractivity contribution in [3.8, 4) is 0 Å². The predicted octanol–water partition coefficient (Wildman–Crippen LogP) is 2.12. The van der Waals surface area contributed by atoms with Crippen molar-refractivity contribution in [1.82, 2.24) is 10.2 Å². The molecule has 0 spiro atoms. The highest BCUT2D eigenvalue weighted by atomic mass is 16.5. The molecule has 0 atom stereocenters. The molecular formula is C14H30N2O. The third-order valence-electron chi connectivity index (χ3n) is 3.78. The predicted molar refractivity (Wildman–Crippen MR) is 73.4 cm³/mol. The van der Waals surface area contributed by atoms with Crippen molar-refractivity contribution < 1.29 is 4.74 Å². The number of hydrogen-bond donors (Lipinski definition) is 1. The maximum atomic E-state index is 4.99. The molecular weight excluding hydrogens is 212 g/mol. The molecule has 0 bridgehead atoms. The van der Waals surface area contributed by atoms with Crippen LogP contribution in [0.2, 0.25) is 0 Å². The number of nitrogens with one attached hydrogen (secondary N) is 1. The molecule has 0 aromatic heterocycles. The van der Waals surface area contributed by atoms with E-state index in [9.17, 15) is 0 Å². The summed E-state index contributed by atoms with van der Waals surface area (Å²) in [5.41, 5.74) is 0. The Morgan fingerprint density at radius 2 is 1.94 bits per heavy atom. The second kappa shape index (κ2) is 9.86. The molecule has 1 aliphatic rings. The lowest BCUT2D eigenvalue weighted by molar-refractivity contribution is 0.197. The highest BCUT2D eigenvalue weighted by molar-refractivity contribution is 4.68. The maximum Gasteiger partial charge on any atom is 0.0587 e. The molecule has 3 nitrogen and oxygen atoms in total. The summed E-state index contributed by atoms with van der Waals surface area (Å²) in [6, 6.07) is 0. The minimum Gasteiger partial charge on any atom is -0.383 e. The van der Waals surface area contributed by atoms with Crippen LogP contribution < -0.4 is 5.32 Å². The lowest BCUT2D eigenvalue weighted by atomic mass is 10.0. The van der Waals surface area contributed by atoms with Gasteiger partial charge in [0.2, 0.25) is 0 Å². The average molecular weight is 242 g/mol. The van der Waals surface area contributed by atoms with Crippen LogP contribution in [0.5, 0.6) is 0 Å².